The third kappa shape index (κ3) is 7.56. The Kier molecular flexibility index (Phi) is 10.7. The molecule has 0 fully saturated rings. The van der Waals surface area contributed by atoms with Crippen molar-refractivity contribution in [3.8, 4) is 6.07 Å². The van der Waals surface area contributed by atoms with Gasteiger partial charge in [0.25, 0.3) is 0 Å². The second kappa shape index (κ2) is 14.6. The molecule has 0 N–H and O–H groups in total. The summed E-state index contributed by atoms with van der Waals surface area (Å²) in [6, 6.07) is 44.2. The lowest BCUT2D eigenvalue weighted by molar-refractivity contribution is -0.144. The van der Waals surface area contributed by atoms with Crippen molar-refractivity contribution in [2.45, 2.75) is 71.4 Å². The van der Waals surface area contributed by atoms with Crippen molar-refractivity contribution in [1.82, 2.24) is 4.90 Å². The van der Waals surface area contributed by atoms with E-state index in [1.54, 1.807) is 0 Å². The topological polar surface area (TPSA) is 44.1 Å². The van der Waals surface area contributed by atoms with Crippen LogP contribution in [0.3, 0.4) is 0 Å². The molecule has 0 aromatic heterocycles. The summed E-state index contributed by atoms with van der Waals surface area (Å²) < 4.78 is 0. The van der Waals surface area contributed by atoms with Crippen LogP contribution in [0, 0.1) is 22.7 Å². The number of hydrogen-bond donors (Lipinski definition) is 0. The van der Waals surface area contributed by atoms with E-state index in [4.69, 9.17) is 0 Å². The second-order valence-electron chi connectivity index (χ2n) is 12.1. The van der Waals surface area contributed by atoms with Gasteiger partial charge in [0.1, 0.15) is 0 Å². The molecule has 3 nitrogen and oxygen atoms in total. The Morgan fingerprint density at radius 2 is 1.19 bits per heavy atom. The van der Waals surface area contributed by atoms with Gasteiger partial charge in [0.05, 0.1) is 6.07 Å². The Labute approximate surface area is 252 Å². The number of amides is 1. The minimum absolute atomic E-state index is 0.103. The SMILES string of the molecule is CCC(C)CC(CC(C)(CCC#N)C(=O)N(Cc1ccccc1)Cc1ccccc1)(c1ccccc1)c1ccccc1. The Morgan fingerprint density at radius 3 is 1.60 bits per heavy atom. The quantitative estimate of drug-likeness (QED) is 0.155. The smallest absolute Gasteiger partial charge is 0.229 e. The van der Waals surface area contributed by atoms with Crippen LogP contribution in [0.2, 0.25) is 0 Å². The predicted molar refractivity (Wildman–Crippen MR) is 172 cm³/mol. The number of nitrogens with zero attached hydrogens (tertiary/aromatic N) is 2. The van der Waals surface area contributed by atoms with Crippen molar-refractivity contribution < 1.29 is 4.79 Å². The zero-order valence-electron chi connectivity index (χ0n) is 25.4. The van der Waals surface area contributed by atoms with E-state index in [1.165, 1.54) is 11.1 Å². The first-order valence-corrected chi connectivity index (χ1v) is 15.3. The van der Waals surface area contributed by atoms with Crippen molar-refractivity contribution >= 4 is 5.91 Å². The lowest BCUT2D eigenvalue weighted by Crippen LogP contribution is -2.46. The monoisotopic (exact) mass is 556 g/mol. The molecule has 3 heteroatoms. The molecule has 0 radical (unpaired) electrons. The Bertz CT molecular complexity index is 1330. The van der Waals surface area contributed by atoms with Crippen molar-refractivity contribution in [2.75, 3.05) is 0 Å². The lowest BCUT2D eigenvalue weighted by Gasteiger charge is -2.45. The maximum absolute atomic E-state index is 15.0. The van der Waals surface area contributed by atoms with Crippen LogP contribution in [0.5, 0.6) is 0 Å². The number of nitriles is 1. The van der Waals surface area contributed by atoms with Gasteiger partial charge in [0, 0.05) is 30.3 Å². The number of carbonyl (C=O) groups excluding carboxylic acids is 1. The molecule has 0 bridgehead atoms. The van der Waals surface area contributed by atoms with E-state index in [9.17, 15) is 10.1 Å². The van der Waals surface area contributed by atoms with Crippen LogP contribution in [-0.2, 0) is 23.3 Å². The molecule has 1 amide bonds. The molecule has 4 rings (SSSR count). The van der Waals surface area contributed by atoms with Crippen LogP contribution >= 0.6 is 0 Å². The van der Waals surface area contributed by atoms with Crippen LogP contribution in [0.4, 0.5) is 0 Å². The van der Waals surface area contributed by atoms with E-state index in [0.717, 1.165) is 24.0 Å². The Morgan fingerprint density at radius 1 is 0.762 bits per heavy atom. The van der Waals surface area contributed by atoms with E-state index in [1.807, 2.05) is 41.3 Å². The van der Waals surface area contributed by atoms with Crippen LogP contribution in [-0.4, -0.2) is 10.8 Å². The lowest BCUT2D eigenvalue weighted by atomic mass is 9.60. The standard InChI is InChI=1S/C39H44N2O/c1-4-32(2)28-39(35-22-13-7-14-23-35,36-24-15-8-16-25-36)31-38(3,26-17-27-40)37(42)41(29-33-18-9-5-10-19-33)30-34-20-11-6-12-21-34/h5-16,18-25,32H,4,17,26,28-31H2,1-3H3. The summed E-state index contributed by atoms with van der Waals surface area (Å²) in [4.78, 5) is 17.0. The third-order valence-corrected chi connectivity index (χ3v) is 8.76. The van der Waals surface area contributed by atoms with Gasteiger partial charge in [-0.05, 0) is 47.4 Å². The van der Waals surface area contributed by atoms with Crippen LogP contribution in [0.1, 0.15) is 75.1 Å². The van der Waals surface area contributed by atoms with Gasteiger partial charge in [-0.2, -0.15) is 5.26 Å². The third-order valence-electron chi connectivity index (χ3n) is 8.76. The molecule has 0 saturated carbocycles. The van der Waals surface area contributed by atoms with Crippen molar-refractivity contribution in [3.05, 3.63) is 144 Å². The summed E-state index contributed by atoms with van der Waals surface area (Å²) in [5.41, 5.74) is 3.50. The second-order valence-corrected chi connectivity index (χ2v) is 12.1. The molecule has 0 aliphatic heterocycles. The highest BCUT2D eigenvalue weighted by Crippen LogP contribution is 2.49. The van der Waals surface area contributed by atoms with E-state index < -0.39 is 5.41 Å². The van der Waals surface area contributed by atoms with Gasteiger partial charge < -0.3 is 4.90 Å². The molecule has 0 saturated heterocycles. The van der Waals surface area contributed by atoms with E-state index in [-0.39, 0.29) is 11.3 Å². The highest BCUT2D eigenvalue weighted by molar-refractivity contribution is 5.83. The average Bonchev–Trinajstić information content (AvgIpc) is 3.04. The van der Waals surface area contributed by atoms with Gasteiger partial charge in [0.2, 0.25) is 5.91 Å². The zero-order valence-corrected chi connectivity index (χ0v) is 25.4. The highest BCUT2D eigenvalue weighted by Gasteiger charge is 2.46. The van der Waals surface area contributed by atoms with Crippen LogP contribution < -0.4 is 0 Å². The van der Waals surface area contributed by atoms with Crippen LogP contribution in [0.15, 0.2) is 121 Å². The van der Waals surface area contributed by atoms with E-state index in [0.29, 0.717) is 38.3 Å². The van der Waals surface area contributed by atoms with Crippen molar-refractivity contribution in [1.29, 1.82) is 5.26 Å². The normalized spacial score (nSPS) is 13.5. The maximum atomic E-state index is 15.0. The van der Waals surface area contributed by atoms with Crippen molar-refractivity contribution in [3.63, 3.8) is 0 Å². The molecular weight excluding hydrogens is 512 g/mol. The highest BCUT2D eigenvalue weighted by atomic mass is 16.2. The fraction of sp³-hybridized carbons (Fsp3) is 0.333. The number of benzene rings is 4. The molecule has 2 atom stereocenters. The molecule has 0 aliphatic carbocycles. The average molecular weight is 557 g/mol. The number of hydrogen-bond acceptors (Lipinski definition) is 2. The largest absolute Gasteiger partial charge is 0.334 e. The maximum Gasteiger partial charge on any atom is 0.229 e. The zero-order chi connectivity index (χ0) is 29.8. The molecule has 216 valence electrons. The van der Waals surface area contributed by atoms with Gasteiger partial charge >= 0.3 is 0 Å². The molecule has 0 heterocycles. The van der Waals surface area contributed by atoms with Gasteiger partial charge in [-0.15, -0.1) is 0 Å². The molecular formula is C39H44N2O. The van der Waals surface area contributed by atoms with E-state index >= 15 is 0 Å². The molecule has 0 spiro atoms. The minimum Gasteiger partial charge on any atom is -0.334 e. The molecule has 42 heavy (non-hydrogen) atoms. The number of rotatable bonds is 14. The first-order chi connectivity index (χ1) is 20.4. The molecule has 2 unspecified atom stereocenters. The fourth-order valence-electron chi connectivity index (χ4n) is 6.39. The number of carbonyl (C=O) groups is 1. The molecule has 0 aliphatic rings. The first kappa shape index (κ1) is 30.8. The molecule has 4 aromatic rings. The first-order valence-electron chi connectivity index (χ1n) is 15.3. The van der Waals surface area contributed by atoms with Crippen LogP contribution in [0.25, 0.3) is 0 Å². The van der Waals surface area contributed by atoms with Gasteiger partial charge in [-0.3, -0.25) is 4.79 Å². The van der Waals surface area contributed by atoms with Gasteiger partial charge in [-0.1, -0.05) is 149 Å². The summed E-state index contributed by atoms with van der Waals surface area (Å²) in [6.07, 6.45) is 3.43. The minimum atomic E-state index is -0.765. The summed E-state index contributed by atoms with van der Waals surface area (Å²) >= 11 is 0. The fourth-order valence-corrected chi connectivity index (χ4v) is 6.39. The van der Waals surface area contributed by atoms with Gasteiger partial charge in [-0.25, -0.2) is 0 Å². The summed E-state index contributed by atoms with van der Waals surface area (Å²) in [7, 11) is 0. The summed E-state index contributed by atoms with van der Waals surface area (Å²) in [5.74, 6) is 0.552. The summed E-state index contributed by atoms with van der Waals surface area (Å²) in [5, 5.41) is 9.76. The predicted octanol–water partition coefficient (Wildman–Crippen LogP) is 9.34. The Hall–Kier alpha value is -4.16. The van der Waals surface area contributed by atoms with Crippen molar-refractivity contribution in [2.24, 2.45) is 11.3 Å². The molecule has 4 aromatic carbocycles. The Balaban J connectivity index is 1.84. The van der Waals surface area contributed by atoms with E-state index in [2.05, 4.69) is 112 Å². The van der Waals surface area contributed by atoms with Gasteiger partial charge in [0.15, 0.2) is 0 Å². The summed E-state index contributed by atoms with van der Waals surface area (Å²) in [6.45, 7) is 7.70.